The van der Waals surface area contributed by atoms with Crippen molar-refractivity contribution in [2.24, 2.45) is 0 Å². The van der Waals surface area contributed by atoms with Gasteiger partial charge in [-0.1, -0.05) is 42.5 Å². The van der Waals surface area contributed by atoms with Gasteiger partial charge in [-0.25, -0.2) is 4.85 Å². The van der Waals surface area contributed by atoms with Crippen LogP contribution in [0, 0.1) is 6.57 Å². The monoisotopic (exact) mass is 253 g/mol. The first kappa shape index (κ1) is 13.2. The minimum Gasteiger partial charge on any atom is -0.500 e. The molecule has 0 amide bonds. The molecule has 4 nitrogen and oxygen atoms in total. The zero-order chi connectivity index (χ0) is 13.7. The van der Waals surface area contributed by atoms with Crippen molar-refractivity contribution in [3.63, 3.8) is 0 Å². The predicted octanol–water partition coefficient (Wildman–Crippen LogP) is 1.50. The van der Waals surface area contributed by atoms with Gasteiger partial charge < -0.3 is 14.8 Å². The highest BCUT2D eigenvalue weighted by Crippen LogP contribution is 2.26. The lowest BCUT2D eigenvalue weighted by Gasteiger charge is -2.09. The van der Waals surface area contributed by atoms with Gasteiger partial charge in [0, 0.05) is 0 Å². The number of nitrogens with zero attached hydrogens (tertiary/aromatic N) is 1. The van der Waals surface area contributed by atoms with Gasteiger partial charge in [-0.05, 0) is 17.1 Å². The average molecular weight is 253 g/mol. The fourth-order valence-electron chi connectivity index (χ4n) is 1.64. The number of hydrogen-bond acceptors (Lipinski definition) is 3. The van der Waals surface area contributed by atoms with Gasteiger partial charge in [-0.3, -0.25) is 0 Å². The van der Waals surface area contributed by atoms with Crippen LogP contribution in [-0.2, 0) is 6.61 Å². The molecule has 5 heteroatoms. The van der Waals surface area contributed by atoms with Crippen LogP contribution < -0.4 is 10.2 Å². The average Bonchev–Trinajstić information content (AvgIpc) is 2.45. The molecule has 0 fully saturated rings. The first-order chi connectivity index (χ1) is 9.20. The van der Waals surface area contributed by atoms with Gasteiger partial charge in [0.15, 0.2) is 0 Å². The molecule has 2 aromatic rings. The van der Waals surface area contributed by atoms with Crippen LogP contribution in [-0.4, -0.2) is 17.2 Å². The standard InChI is InChI=1S/C14H12BNO3/c1-16-13-9-12(15(17)18)7-8-14(13)19-10-11-5-3-2-4-6-11/h2-9,17-18H,10H2. The smallest absolute Gasteiger partial charge is 0.487 e. The molecule has 2 rings (SSSR count). The lowest BCUT2D eigenvalue weighted by Crippen LogP contribution is -2.29. The summed E-state index contributed by atoms with van der Waals surface area (Å²) >= 11 is 0. The van der Waals surface area contributed by atoms with E-state index in [0.717, 1.165) is 5.56 Å². The first-order valence-corrected chi connectivity index (χ1v) is 5.75. The highest BCUT2D eigenvalue weighted by Gasteiger charge is 2.14. The van der Waals surface area contributed by atoms with E-state index in [1.165, 1.54) is 12.1 Å². The van der Waals surface area contributed by atoms with E-state index in [2.05, 4.69) is 4.85 Å². The van der Waals surface area contributed by atoms with Gasteiger partial charge in [0.05, 0.1) is 6.57 Å². The molecule has 0 saturated heterocycles. The summed E-state index contributed by atoms with van der Waals surface area (Å²) in [6, 6.07) is 14.1. The predicted molar refractivity (Wildman–Crippen MR) is 73.3 cm³/mol. The lowest BCUT2D eigenvalue weighted by atomic mass is 9.80. The second-order valence-corrected chi connectivity index (χ2v) is 3.99. The summed E-state index contributed by atoms with van der Waals surface area (Å²) in [6.45, 7) is 7.45. The Morgan fingerprint density at radius 2 is 1.84 bits per heavy atom. The largest absolute Gasteiger partial charge is 0.500 e. The summed E-state index contributed by atoms with van der Waals surface area (Å²) in [5, 5.41) is 18.1. The Bertz CT molecular complexity index is 593. The van der Waals surface area contributed by atoms with E-state index in [-0.39, 0.29) is 11.2 Å². The maximum atomic E-state index is 9.05. The Morgan fingerprint density at radius 3 is 2.47 bits per heavy atom. The quantitative estimate of drug-likeness (QED) is 0.641. The van der Waals surface area contributed by atoms with Crippen molar-refractivity contribution in [1.29, 1.82) is 0 Å². The van der Waals surface area contributed by atoms with E-state index in [4.69, 9.17) is 21.4 Å². The van der Waals surface area contributed by atoms with Crippen molar-refractivity contribution in [3.8, 4) is 5.75 Å². The van der Waals surface area contributed by atoms with E-state index in [9.17, 15) is 0 Å². The Kier molecular flexibility index (Phi) is 4.19. The second-order valence-electron chi connectivity index (χ2n) is 3.99. The molecule has 0 aliphatic rings. The minimum atomic E-state index is -1.58. The van der Waals surface area contributed by atoms with Crippen molar-refractivity contribution < 1.29 is 14.8 Å². The van der Waals surface area contributed by atoms with Crippen LogP contribution >= 0.6 is 0 Å². The maximum Gasteiger partial charge on any atom is 0.487 e. The molecular formula is C14H12BNO3. The van der Waals surface area contributed by atoms with Crippen LogP contribution in [0.4, 0.5) is 5.69 Å². The molecule has 0 unspecified atom stereocenters. The second kappa shape index (κ2) is 6.05. The Hall–Kier alpha value is -2.29. The zero-order valence-electron chi connectivity index (χ0n) is 10.2. The maximum absolute atomic E-state index is 9.05. The summed E-state index contributed by atoms with van der Waals surface area (Å²) in [6.07, 6.45) is 0. The number of hydrogen-bond donors (Lipinski definition) is 2. The summed E-state index contributed by atoms with van der Waals surface area (Å²) in [5.41, 5.74) is 1.55. The lowest BCUT2D eigenvalue weighted by molar-refractivity contribution is 0.308. The normalized spacial score (nSPS) is 9.74. The first-order valence-electron chi connectivity index (χ1n) is 5.75. The summed E-state index contributed by atoms with van der Waals surface area (Å²) < 4.78 is 5.57. The van der Waals surface area contributed by atoms with E-state index in [0.29, 0.717) is 12.4 Å². The molecule has 2 aromatic carbocycles. The molecule has 94 valence electrons. The summed E-state index contributed by atoms with van der Waals surface area (Å²) in [5.74, 6) is 0.434. The van der Waals surface area contributed by atoms with E-state index in [1.54, 1.807) is 6.07 Å². The van der Waals surface area contributed by atoms with Crippen molar-refractivity contribution in [1.82, 2.24) is 0 Å². The van der Waals surface area contributed by atoms with Crippen LogP contribution in [0.2, 0.25) is 0 Å². The van der Waals surface area contributed by atoms with Crippen molar-refractivity contribution in [2.45, 2.75) is 6.61 Å². The topological polar surface area (TPSA) is 54.0 Å². The summed E-state index contributed by atoms with van der Waals surface area (Å²) in [4.78, 5) is 3.33. The number of ether oxygens (including phenoxy) is 1. The molecule has 0 aromatic heterocycles. The molecule has 0 spiro atoms. The zero-order valence-corrected chi connectivity index (χ0v) is 10.2. The van der Waals surface area contributed by atoms with Gasteiger partial charge in [0.25, 0.3) is 0 Å². The fourth-order valence-corrected chi connectivity index (χ4v) is 1.64. The molecule has 0 radical (unpaired) electrons. The third-order valence-corrected chi connectivity index (χ3v) is 2.64. The van der Waals surface area contributed by atoms with Gasteiger partial charge in [-0.2, -0.15) is 0 Å². The third kappa shape index (κ3) is 3.35. The molecular weight excluding hydrogens is 241 g/mol. The summed E-state index contributed by atoms with van der Waals surface area (Å²) in [7, 11) is -1.58. The van der Waals surface area contributed by atoms with Crippen molar-refractivity contribution >= 4 is 18.3 Å². The van der Waals surface area contributed by atoms with Gasteiger partial charge in [-0.15, -0.1) is 0 Å². The molecule has 0 bridgehead atoms. The molecule has 2 N–H and O–H groups in total. The SMILES string of the molecule is [C-]#[N+]c1cc(B(O)O)ccc1OCc1ccccc1. The van der Waals surface area contributed by atoms with E-state index in [1.807, 2.05) is 30.3 Å². The van der Waals surface area contributed by atoms with E-state index < -0.39 is 7.12 Å². The van der Waals surface area contributed by atoms with Crippen molar-refractivity contribution in [2.75, 3.05) is 0 Å². The molecule has 0 saturated carbocycles. The van der Waals surface area contributed by atoms with Gasteiger partial charge in [0.2, 0.25) is 5.69 Å². The van der Waals surface area contributed by atoms with Crippen LogP contribution in [0.3, 0.4) is 0 Å². The van der Waals surface area contributed by atoms with Crippen LogP contribution in [0.15, 0.2) is 48.5 Å². The van der Waals surface area contributed by atoms with Gasteiger partial charge in [0.1, 0.15) is 12.4 Å². The fraction of sp³-hybridized carbons (Fsp3) is 0.0714. The molecule has 0 atom stereocenters. The van der Waals surface area contributed by atoms with Crippen molar-refractivity contribution in [3.05, 3.63) is 65.5 Å². The Morgan fingerprint density at radius 1 is 1.11 bits per heavy atom. The van der Waals surface area contributed by atoms with Crippen LogP contribution in [0.5, 0.6) is 5.75 Å². The van der Waals surface area contributed by atoms with Gasteiger partial charge >= 0.3 is 7.12 Å². The molecule has 0 aliphatic carbocycles. The molecule has 19 heavy (non-hydrogen) atoms. The highest BCUT2D eigenvalue weighted by atomic mass is 16.5. The van der Waals surface area contributed by atoms with Crippen LogP contribution in [0.1, 0.15) is 5.56 Å². The third-order valence-electron chi connectivity index (χ3n) is 2.64. The highest BCUT2D eigenvalue weighted by molar-refractivity contribution is 6.58. The Labute approximate surface area is 111 Å². The number of rotatable bonds is 4. The minimum absolute atomic E-state index is 0.265. The Balaban J connectivity index is 2.15. The molecule has 0 aliphatic heterocycles. The van der Waals surface area contributed by atoms with E-state index >= 15 is 0 Å². The number of benzene rings is 2. The molecule has 0 heterocycles. The van der Waals surface area contributed by atoms with Crippen LogP contribution in [0.25, 0.3) is 4.85 Å².